The van der Waals surface area contributed by atoms with Crippen molar-refractivity contribution in [3.05, 3.63) is 65.9 Å². The van der Waals surface area contributed by atoms with Gasteiger partial charge in [-0.1, -0.05) is 30.3 Å². The molecule has 0 saturated carbocycles. The summed E-state index contributed by atoms with van der Waals surface area (Å²) in [7, 11) is 1.28. The molecule has 3 rings (SSSR count). The molecule has 0 fully saturated rings. The van der Waals surface area contributed by atoms with Crippen molar-refractivity contribution in [2.24, 2.45) is 0 Å². The number of carbonyl (C=O) groups excluding carboxylic acids is 2. The summed E-state index contributed by atoms with van der Waals surface area (Å²) in [5.41, 5.74) is 2.17. The average Bonchev–Trinajstić information content (AvgIpc) is 3.16. The van der Waals surface area contributed by atoms with Crippen LogP contribution in [-0.2, 0) is 22.5 Å². The highest BCUT2D eigenvalue weighted by atomic mass is 19.1. The minimum atomic E-state index is -0.867. The van der Waals surface area contributed by atoms with Crippen LogP contribution in [0.2, 0.25) is 0 Å². The number of amides is 1. The van der Waals surface area contributed by atoms with Crippen molar-refractivity contribution >= 4 is 22.8 Å². The van der Waals surface area contributed by atoms with E-state index in [0.717, 1.165) is 29.3 Å². The molecule has 31 heavy (non-hydrogen) atoms. The van der Waals surface area contributed by atoms with Crippen LogP contribution in [-0.4, -0.2) is 41.4 Å². The molecular formula is C24H27FN2O4. The normalized spacial score (nSPS) is 11.9. The Hall–Kier alpha value is -3.35. The number of rotatable bonds is 10. The van der Waals surface area contributed by atoms with Gasteiger partial charge in [0.25, 0.3) is 5.91 Å². The molecule has 1 heterocycles. The van der Waals surface area contributed by atoms with E-state index >= 15 is 0 Å². The van der Waals surface area contributed by atoms with Crippen molar-refractivity contribution in [3.8, 4) is 5.75 Å². The molecule has 0 aliphatic heterocycles. The number of fused-ring (bicyclic) bond motifs is 1. The van der Waals surface area contributed by atoms with Crippen LogP contribution in [0.15, 0.2) is 54.7 Å². The number of phenolic OH excluding ortho intramolecular Hbond substituents is 1. The number of nitrogens with one attached hydrogen (secondary N) is 1. The van der Waals surface area contributed by atoms with E-state index in [1.54, 1.807) is 18.3 Å². The summed E-state index contributed by atoms with van der Waals surface area (Å²) in [5.74, 6) is -0.786. The molecule has 1 amide bonds. The van der Waals surface area contributed by atoms with Gasteiger partial charge in [-0.25, -0.2) is 4.79 Å². The lowest BCUT2D eigenvalue weighted by atomic mass is 10.0. The van der Waals surface area contributed by atoms with Gasteiger partial charge < -0.3 is 19.7 Å². The van der Waals surface area contributed by atoms with Crippen LogP contribution in [0.4, 0.5) is 4.39 Å². The molecule has 1 atom stereocenters. The number of ether oxygens (including phenoxy) is 1. The molecule has 164 valence electrons. The number of hydrogen-bond donors (Lipinski definition) is 2. The Morgan fingerprint density at radius 1 is 1.10 bits per heavy atom. The Bertz CT molecular complexity index is 1030. The Kier molecular flexibility index (Phi) is 7.65. The summed E-state index contributed by atoms with van der Waals surface area (Å²) in [4.78, 5) is 25.4. The number of para-hydroxylation sites is 1. The largest absolute Gasteiger partial charge is 0.508 e. The molecule has 1 aromatic heterocycles. The van der Waals surface area contributed by atoms with Crippen molar-refractivity contribution in [1.82, 2.24) is 9.88 Å². The number of phenols is 1. The molecule has 2 aromatic carbocycles. The highest BCUT2D eigenvalue weighted by molar-refractivity contribution is 6.08. The molecule has 0 radical (unpaired) electrons. The number of unbranched alkanes of at least 4 members (excludes halogenated alkanes) is 2. The fraction of sp³-hybridized carbons (Fsp3) is 0.333. The molecule has 0 spiro atoms. The van der Waals surface area contributed by atoms with Gasteiger partial charge in [-0.05, 0) is 43.0 Å². The molecule has 0 bridgehead atoms. The first-order chi connectivity index (χ1) is 15.0. The second-order valence-electron chi connectivity index (χ2n) is 7.42. The summed E-state index contributed by atoms with van der Waals surface area (Å²) >= 11 is 0. The first-order valence-corrected chi connectivity index (χ1v) is 10.3. The summed E-state index contributed by atoms with van der Waals surface area (Å²) in [6, 6.07) is 13.2. The summed E-state index contributed by atoms with van der Waals surface area (Å²) in [5, 5.41) is 13.0. The monoisotopic (exact) mass is 426 g/mol. The molecule has 0 unspecified atom stereocenters. The predicted octanol–water partition coefficient (Wildman–Crippen LogP) is 4.00. The van der Waals surface area contributed by atoms with Crippen molar-refractivity contribution in [3.63, 3.8) is 0 Å². The van der Waals surface area contributed by atoms with Gasteiger partial charge in [-0.3, -0.25) is 9.18 Å². The third kappa shape index (κ3) is 5.63. The lowest BCUT2D eigenvalue weighted by Crippen LogP contribution is -2.43. The molecule has 0 saturated heterocycles. The molecule has 2 N–H and O–H groups in total. The first kappa shape index (κ1) is 22.3. The van der Waals surface area contributed by atoms with Gasteiger partial charge in [0.05, 0.1) is 19.3 Å². The maximum absolute atomic E-state index is 13.1. The maximum atomic E-state index is 13.1. The zero-order chi connectivity index (χ0) is 22.2. The van der Waals surface area contributed by atoms with Gasteiger partial charge in [0.15, 0.2) is 0 Å². The first-order valence-electron chi connectivity index (χ1n) is 10.3. The number of alkyl halides is 1. The van der Waals surface area contributed by atoms with E-state index in [9.17, 15) is 19.1 Å². The maximum Gasteiger partial charge on any atom is 0.328 e. The number of aromatic hydroxyl groups is 1. The summed E-state index contributed by atoms with van der Waals surface area (Å²) in [6.07, 6.45) is 4.15. The third-order valence-corrected chi connectivity index (χ3v) is 5.23. The quantitative estimate of drug-likeness (QED) is 0.379. The number of halogens is 1. The second kappa shape index (κ2) is 10.6. The van der Waals surface area contributed by atoms with Gasteiger partial charge >= 0.3 is 5.97 Å². The number of nitrogens with zero attached hydrogens (tertiary/aromatic N) is 1. The highest BCUT2D eigenvalue weighted by Crippen LogP contribution is 2.22. The van der Waals surface area contributed by atoms with E-state index in [1.165, 1.54) is 19.2 Å². The van der Waals surface area contributed by atoms with Crippen LogP contribution < -0.4 is 5.32 Å². The van der Waals surface area contributed by atoms with E-state index < -0.39 is 12.0 Å². The van der Waals surface area contributed by atoms with Crippen LogP contribution in [0.1, 0.15) is 35.2 Å². The van der Waals surface area contributed by atoms with E-state index in [-0.39, 0.29) is 24.8 Å². The van der Waals surface area contributed by atoms with Gasteiger partial charge in [0.1, 0.15) is 11.8 Å². The standard InChI is InChI=1S/C24H27FN2O4/c1-31-24(30)21(15-17-9-11-18(28)12-10-17)26-23(29)20-16-27(14-6-2-5-13-25)22-8-4-3-7-19(20)22/h3-4,7-12,16,21,28H,2,5-6,13-15H2,1H3,(H,26,29)/t21-/m0/s1. The third-order valence-electron chi connectivity index (χ3n) is 5.23. The second-order valence-corrected chi connectivity index (χ2v) is 7.42. The number of esters is 1. The van der Waals surface area contributed by atoms with Crippen molar-refractivity contribution in [2.45, 2.75) is 38.3 Å². The van der Waals surface area contributed by atoms with Gasteiger partial charge in [0, 0.05) is 30.1 Å². The molecule has 7 heteroatoms. The van der Waals surface area contributed by atoms with Crippen LogP contribution >= 0.6 is 0 Å². The number of methoxy groups -OCH3 is 1. The molecular weight excluding hydrogens is 399 g/mol. The molecule has 3 aromatic rings. The lowest BCUT2D eigenvalue weighted by Gasteiger charge is -2.16. The van der Waals surface area contributed by atoms with Crippen LogP contribution in [0.5, 0.6) is 5.75 Å². The van der Waals surface area contributed by atoms with Crippen LogP contribution in [0.3, 0.4) is 0 Å². The minimum Gasteiger partial charge on any atom is -0.508 e. The average molecular weight is 426 g/mol. The molecule has 0 aliphatic carbocycles. The topological polar surface area (TPSA) is 80.6 Å². The summed E-state index contributed by atoms with van der Waals surface area (Å²) < 4.78 is 19.2. The van der Waals surface area contributed by atoms with Gasteiger partial charge in [-0.2, -0.15) is 0 Å². The van der Waals surface area contributed by atoms with E-state index in [0.29, 0.717) is 18.5 Å². The van der Waals surface area contributed by atoms with Crippen molar-refractivity contribution in [2.75, 3.05) is 13.8 Å². The zero-order valence-corrected chi connectivity index (χ0v) is 17.5. The number of aromatic nitrogens is 1. The number of hydrogen-bond acceptors (Lipinski definition) is 4. The molecule has 6 nitrogen and oxygen atoms in total. The number of benzene rings is 2. The number of carbonyl (C=O) groups is 2. The summed E-state index contributed by atoms with van der Waals surface area (Å²) in [6.45, 7) is 0.359. The Morgan fingerprint density at radius 2 is 1.84 bits per heavy atom. The lowest BCUT2D eigenvalue weighted by molar-refractivity contribution is -0.142. The van der Waals surface area contributed by atoms with E-state index in [2.05, 4.69) is 5.32 Å². The van der Waals surface area contributed by atoms with Crippen LogP contribution in [0.25, 0.3) is 10.9 Å². The van der Waals surface area contributed by atoms with Gasteiger partial charge in [0.2, 0.25) is 0 Å². The van der Waals surface area contributed by atoms with E-state index in [1.807, 2.05) is 28.8 Å². The Balaban J connectivity index is 1.81. The predicted molar refractivity (Wildman–Crippen MR) is 117 cm³/mol. The number of aryl methyl sites for hydroxylation is 1. The smallest absolute Gasteiger partial charge is 0.328 e. The SMILES string of the molecule is COC(=O)[C@H](Cc1ccc(O)cc1)NC(=O)c1cn(CCCCCF)c2ccccc12. The Morgan fingerprint density at radius 3 is 2.55 bits per heavy atom. The van der Waals surface area contributed by atoms with Crippen molar-refractivity contribution in [1.29, 1.82) is 0 Å². The van der Waals surface area contributed by atoms with Crippen LogP contribution in [0, 0.1) is 0 Å². The van der Waals surface area contributed by atoms with E-state index in [4.69, 9.17) is 4.74 Å². The zero-order valence-electron chi connectivity index (χ0n) is 17.5. The van der Waals surface area contributed by atoms with Crippen molar-refractivity contribution < 1.29 is 23.8 Å². The fourth-order valence-electron chi connectivity index (χ4n) is 3.61. The van der Waals surface area contributed by atoms with Gasteiger partial charge in [-0.15, -0.1) is 0 Å². The minimum absolute atomic E-state index is 0.127. The highest BCUT2D eigenvalue weighted by Gasteiger charge is 2.24. The fourth-order valence-corrected chi connectivity index (χ4v) is 3.61. The molecule has 0 aliphatic rings. The Labute approximate surface area is 180 Å².